The molecule has 0 aliphatic rings. The van der Waals surface area contributed by atoms with Gasteiger partial charge in [-0.3, -0.25) is 0 Å². The average Bonchev–Trinajstić information content (AvgIpc) is 2.69. The van der Waals surface area contributed by atoms with Gasteiger partial charge in [0.15, 0.2) is 5.82 Å². The standard InChI is InChI=1S/C12H12Br3N3S/c1-5(2)9-8(14)12(16-3)18-11(17-9)7-4-6(13)10(15)19-7/h4-5H,1-3H3,(H,16,17,18). The van der Waals surface area contributed by atoms with E-state index in [-0.39, 0.29) is 0 Å². The maximum absolute atomic E-state index is 4.68. The molecule has 0 amide bonds. The second-order valence-electron chi connectivity index (χ2n) is 4.23. The third-order valence-electron chi connectivity index (χ3n) is 2.53. The van der Waals surface area contributed by atoms with E-state index in [4.69, 9.17) is 0 Å². The Morgan fingerprint density at radius 3 is 2.37 bits per heavy atom. The van der Waals surface area contributed by atoms with Gasteiger partial charge in [-0.25, -0.2) is 9.97 Å². The summed E-state index contributed by atoms with van der Waals surface area (Å²) in [5, 5.41) is 3.11. The van der Waals surface area contributed by atoms with Gasteiger partial charge in [-0.1, -0.05) is 13.8 Å². The van der Waals surface area contributed by atoms with Crippen LogP contribution in [0.2, 0.25) is 0 Å². The summed E-state index contributed by atoms with van der Waals surface area (Å²) in [5.41, 5.74) is 1.01. The average molecular weight is 470 g/mol. The van der Waals surface area contributed by atoms with E-state index < -0.39 is 0 Å². The van der Waals surface area contributed by atoms with Crippen molar-refractivity contribution in [2.24, 2.45) is 0 Å². The van der Waals surface area contributed by atoms with Gasteiger partial charge in [0.2, 0.25) is 0 Å². The molecule has 0 aliphatic carbocycles. The van der Waals surface area contributed by atoms with Crippen molar-refractivity contribution < 1.29 is 0 Å². The Morgan fingerprint density at radius 2 is 1.89 bits per heavy atom. The highest BCUT2D eigenvalue weighted by Gasteiger charge is 2.17. The third kappa shape index (κ3) is 3.20. The Hall–Kier alpha value is 0.0200. The van der Waals surface area contributed by atoms with E-state index in [9.17, 15) is 0 Å². The number of nitrogens with zero attached hydrogens (tertiary/aromatic N) is 2. The number of halogens is 3. The van der Waals surface area contributed by atoms with E-state index in [0.717, 1.165) is 34.9 Å². The van der Waals surface area contributed by atoms with Crippen molar-refractivity contribution in [3.63, 3.8) is 0 Å². The number of nitrogens with one attached hydrogen (secondary N) is 1. The lowest BCUT2D eigenvalue weighted by atomic mass is 10.1. The summed E-state index contributed by atoms with van der Waals surface area (Å²) in [5.74, 6) is 1.89. The van der Waals surface area contributed by atoms with Gasteiger partial charge in [-0.15, -0.1) is 11.3 Å². The quantitative estimate of drug-likeness (QED) is 0.630. The van der Waals surface area contributed by atoms with Gasteiger partial charge in [0.05, 0.1) is 18.8 Å². The number of rotatable bonds is 3. The van der Waals surface area contributed by atoms with Crippen molar-refractivity contribution in [1.29, 1.82) is 0 Å². The van der Waals surface area contributed by atoms with Crippen LogP contribution in [-0.4, -0.2) is 17.0 Å². The van der Waals surface area contributed by atoms with E-state index in [0.29, 0.717) is 5.92 Å². The molecule has 0 aliphatic heterocycles. The minimum absolute atomic E-state index is 0.329. The fourth-order valence-electron chi connectivity index (χ4n) is 1.58. The molecule has 19 heavy (non-hydrogen) atoms. The highest BCUT2D eigenvalue weighted by Crippen LogP contribution is 2.39. The predicted octanol–water partition coefficient (Wildman–Crippen LogP) is 5.66. The van der Waals surface area contributed by atoms with Crippen molar-refractivity contribution in [2.75, 3.05) is 12.4 Å². The van der Waals surface area contributed by atoms with Crippen LogP contribution < -0.4 is 5.32 Å². The molecule has 2 aromatic rings. The zero-order valence-corrected chi connectivity index (χ0v) is 16.2. The smallest absolute Gasteiger partial charge is 0.172 e. The van der Waals surface area contributed by atoms with E-state index in [1.54, 1.807) is 11.3 Å². The van der Waals surface area contributed by atoms with Gasteiger partial charge in [0.25, 0.3) is 0 Å². The molecular weight excluding hydrogens is 458 g/mol. The topological polar surface area (TPSA) is 37.8 Å². The van der Waals surface area contributed by atoms with Gasteiger partial charge >= 0.3 is 0 Å². The first-order valence-corrected chi connectivity index (χ1v) is 8.84. The summed E-state index contributed by atoms with van der Waals surface area (Å²) in [6.07, 6.45) is 0. The zero-order chi connectivity index (χ0) is 14.2. The molecule has 0 radical (unpaired) electrons. The van der Waals surface area contributed by atoms with E-state index in [1.807, 2.05) is 13.1 Å². The van der Waals surface area contributed by atoms with Crippen molar-refractivity contribution in [1.82, 2.24) is 9.97 Å². The largest absolute Gasteiger partial charge is 0.372 e. The molecule has 0 saturated heterocycles. The Bertz CT molecular complexity index is 591. The predicted molar refractivity (Wildman–Crippen MR) is 92.1 cm³/mol. The number of hydrogen-bond donors (Lipinski definition) is 1. The van der Waals surface area contributed by atoms with Crippen LogP contribution >= 0.6 is 59.1 Å². The number of thiophene rings is 1. The van der Waals surface area contributed by atoms with Crippen molar-refractivity contribution in [3.8, 4) is 10.7 Å². The minimum atomic E-state index is 0.329. The number of aromatic nitrogens is 2. The van der Waals surface area contributed by atoms with Crippen LogP contribution in [0.4, 0.5) is 5.82 Å². The number of anilines is 1. The lowest BCUT2D eigenvalue weighted by Gasteiger charge is -2.12. The Balaban J connectivity index is 2.60. The maximum Gasteiger partial charge on any atom is 0.172 e. The van der Waals surface area contributed by atoms with Crippen molar-refractivity contribution in [3.05, 3.63) is 24.5 Å². The molecule has 0 bridgehead atoms. The van der Waals surface area contributed by atoms with Crippen molar-refractivity contribution in [2.45, 2.75) is 19.8 Å². The normalized spacial score (nSPS) is 11.1. The van der Waals surface area contributed by atoms with Gasteiger partial charge in [0, 0.05) is 11.5 Å². The van der Waals surface area contributed by atoms with E-state index in [1.165, 1.54) is 0 Å². The van der Waals surface area contributed by atoms with Crippen LogP contribution in [-0.2, 0) is 0 Å². The van der Waals surface area contributed by atoms with Gasteiger partial charge in [0.1, 0.15) is 5.82 Å². The summed E-state index contributed by atoms with van der Waals surface area (Å²) in [6, 6.07) is 2.03. The van der Waals surface area contributed by atoms with Crippen LogP contribution in [0, 0.1) is 0 Å². The first kappa shape index (κ1) is 15.4. The Labute approximate surface area is 141 Å². The lowest BCUT2D eigenvalue weighted by Crippen LogP contribution is -2.04. The summed E-state index contributed by atoms with van der Waals surface area (Å²) >= 11 is 12.2. The molecule has 0 unspecified atom stereocenters. The van der Waals surface area contributed by atoms with Crippen molar-refractivity contribution >= 4 is 64.9 Å². The van der Waals surface area contributed by atoms with Crippen LogP contribution in [0.15, 0.2) is 18.8 Å². The first-order chi connectivity index (χ1) is 8.93. The molecule has 0 atom stereocenters. The summed E-state index contributed by atoms with van der Waals surface area (Å²) < 4.78 is 3.01. The highest BCUT2D eigenvalue weighted by molar-refractivity contribution is 9.13. The van der Waals surface area contributed by atoms with Crippen LogP contribution in [0.25, 0.3) is 10.7 Å². The van der Waals surface area contributed by atoms with E-state index >= 15 is 0 Å². The monoisotopic (exact) mass is 467 g/mol. The first-order valence-electron chi connectivity index (χ1n) is 5.64. The maximum atomic E-state index is 4.68. The van der Waals surface area contributed by atoms with Gasteiger partial charge in [-0.2, -0.15) is 0 Å². The molecule has 0 saturated carbocycles. The molecule has 2 aromatic heterocycles. The van der Waals surface area contributed by atoms with Crippen LogP contribution in [0.1, 0.15) is 25.5 Å². The molecular formula is C12H12Br3N3S. The SMILES string of the molecule is CNc1nc(-c2cc(Br)c(Br)s2)nc(C(C)C)c1Br. The Morgan fingerprint density at radius 1 is 1.21 bits per heavy atom. The summed E-state index contributed by atoms with van der Waals surface area (Å²) in [6.45, 7) is 4.24. The molecule has 0 fully saturated rings. The van der Waals surface area contributed by atoms with Gasteiger partial charge < -0.3 is 5.32 Å². The van der Waals surface area contributed by atoms with Gasteiger partial charge in [-0.05, 0) is 59.8 Å². The fraction of sp³-hybridized carbons (Fsp3) is 0.333. The molecule has 0 spiro atoms. The molecule has 2 heterocycles. The lowest BCUT2D eigenvalue weighted by molar-refractivity contribution is 0.810. The fourth-order valence-corrected chi connectivity index (χ4v) is 4.38. The van der Waals surface area contributed by atoms with E-state index in [2.05, 4.69) is 76.9 Å². The molecule has 0 aromatic carbocycles. The molecule has 1 N–H and O–H groups in total. The molecule has 2 rings (SSSR count). The van der Waals surface area contributed by atoms with Crippen LogP contribution in [0.5, 0.6) is 0 Å². The zero-order valence-electron chi connectivity index (χ0n) is 10.6. The second kappa shape index (κ2) is 6.20. The van der Waals surface area contributed by atoms with Crippen LogP contribution in [0.3, 0.4) is 0 Å². The molecule has 102 valence electrons. The molecule has 3 nitrogen and oxygen atoms in total. The Kier molecular flexibility index (Phi) is 5.03. The number of hydrogen-bond acceptors (Lipinski definition) is 4. The summed E-state index contributed by atoms with van der Waals surface area (Å²) in [7, 11) is 1.86. The highest BCUT2D eigenvalue weighted by atomic mass is 79.9. The molecule has 7 heteroatoms. The minimum Gasteiger partial charge on any atom is -0.372 e. The summed E-state index contributed by atoms with van der Waals surface area (Å²) in [4.78, 5) is 10.3. The third-order valence-corrected chi connectivity index (χ3v) is 6.56. The second-order valence-corrected chi connectivity index (χ2v) is 8.25.